The van der Waals surface area contributed by atoms with Crippen molar-refractivity contribution in [3.63, 3.8) is 0 Å². The highest BCUT2D eigenvalue weighted by molar-refractivity contribution is 5.90. The molecule has 0 saturated heterocycles. The number of carbonyl (C=O) groups is 2. The number of aromatic nitrogens is 3. The summed E-state index contributed by atoms with van der Waals surface area (Å²) in [5.74, 6) is -0.890. The van der Waals surface area contributed by atoms with Crippen molar-refractivity contribution < 1.29 is 27.5 Å². The van der Waals surface area contributed by atoms with Crippen LogP contribution in [-0.2, 0) is 17.5 Å². The van der Waals surface area contributed by atoms with Gasteiger partial charge in [-0.05, 0) is 48.0 Å². The number of rotatable bonds is 6. The number of hydrogen-bond donors (Lipinski definition) is 1. The second-order valence-electron chi connectivity index (χ2n) is 5.89. The van der Waals surface area contributed by atoms with Crippen LogP contribution in [0.15, 0.2) is 66.2 Å². The van der Waals surface area contributed by atoms with E-state index in [9.17, 15) is 22.8 Å². The highest BCUT2D eigenvalue weighted by Gasteiger charge is 2.33. The molecular weight excluding hydrogens is 403 g/mol. The van der Waals surface area contributed by atoms with Crippen molar-refractivity contribution in [3.8, 4) is 5.75 Å². The summed E-state index contributed by atoms with van der Waals surface area (Å²) in [5, 5.41) is 7.00. The smallest absolute Gasteiger partial charge is 0.423 e. The Bertz CT molecular complexity index is 1050. The molecule has 3 rings (SSSR count). The van der Waals surface area contributed by atoms with Gasteiger partial charge in [-0.2, -0.15) is 23.4 Å². The van der Waals surface area contributed by atoms with Crippen LogP contribution >= 0.6 is 0 Å². The van der Waals surface area contributed by atoms with Crippen LogP contribution in [0.3, 0.4) is 0 Å². The molecule has 1 N–H and O–H groups in total. The van der Waals surface area contributed by atoms with E-state index in [0.717, 1.165) is 16.9 Å². The van der Waals surface area contributed by atoms with Gasteiger partial charge in [-0.25, -0.2) is 10.2 Å². The normalized spacial score (nSPS) is 11.4. The summed E-state index contributed by atoms with van der Waals surface area (Å²) in [6.07, 6.45) is 0.739. The first kappa shape index (κ1) is 20.7. The summed E-state index contributed by atoms with van der Waals surface area (Å²) in [5.41, 5.74) is 2.01. The molecule has 154 valence electrons. The van der Waals surface area contributed by atoms with Gasteiger partial charge in [0.25, 0.3) is 5.91 Å². The number of hydrogen-bond acceptors (Lipinski definition) is 6. The Kier molecular flexibility index (Phi) is 6.20. The van der Waals surface area contributed by atoms with Crippen molar-refractivity contribution in [2.45, 2.75) is 12.7 Å². The van der Waals surface area contributed by atoms with Gasteiger partial charge < -0.3 is 4.74 Å². The van der Waals surface area contributed by atoms with Gasteiger partial charge in [0.05, 0.1) is 11.8 Å². The topological polar surface area (TPSA) is 98.5 Å². The quantitative estimate of drug-likeness (QED) is 0.288. The van der Waals surface area contributed by atoms with E-state index in [1.807, 2.05) is 0 Å². The maximum Gasteiger partial charge on any atom is 0.435 e. The average Bonchev–Trinajstić information content (AvgIpc) is 3.19. The monoisotopic (exact) mass is 417 g/mol. The summed E-state index contributed by atoms with van der Waals surface area (Å²) in [4.78, 5) is 27.5. The fraction of sp³-hybridized carbons (Fsp3) is 0.105. The van der Waals surface area contributed by atoms with Gasteiger partial charge in [-0.1, -0.05) is 0 Å². The van der Waals surface area contributed by atoms with E-state index in [1.165, 1.54) is 12.4 Å². The standard InChI is InChI=1S/C19H14F3N5O3/c20-19(21,22)16-7-9-27(26-16)12-17(28)25-24-10-13-3-5-15(6-4-13)30-18(29)14-2-1-8-23-11-14/h1-11H,12H2,(H,25,28)/b24-10+. The Hall–Kier alpha value is -4.02. The Morgan fingerprint density at radius 3 is 2.57 bits per heavy atom. The molecule has 1 aromatic carbocycles. The van der Waals surface area contributed by atoms with E-state index < -0.39 is 30.3 Å². The molecule has 8 nitrogen and oxygen atoms in total. The van der Waals surface area contributed by atoms with Crippen LogP contribution in [-0.4, -0.2) is 32.9 Å². The van der Waals surface area contributed by atoms with Crippen LogP contribution in [0.2, 0.25) is 0 Å². The second-order valence-corrected chi connectivity index (χ2v) is 5.89. The molecule has 11 heteroatoms. The van der Waals surface area contributed by atoms with E-state index in [4.69, 9.17) is 4.74 Å². The van der Waals surface area contributed by atoms with Crippen LogP contribution in [0.1, 0.15) is 21.6 Å². The third-order valence-electron chi connectivity index (χ3n) is 3.63. The van der Waals surface area contributed by atoms with Gasteiger partial charge in [0.1, 0.15) is 12.3 Å². The second kappa shape index (κ2) is 8.99. The zero-order valence-corrected chi connectivity index (χ0v) is 15.2. The molecule has 0 aliphatic rings. The summed E-state index contributed by atoms with van der Waals surface area (Å²) >= 11 is 0. The molecule has 0 fully saturated rings. The summed E-state index contributed by atoms with van der Waals surface area (Å²) in [6.45, 7) is -0.420. The summed E-state index contributed by atoms with van der Waals surface area (Å²) in [6, 6.07) is 10.3. The molecule has 0 radical (unpaired) electrons. The SMILES string of the molecule is O=C(Cn1ccc(C(F)(F)F)n1)N/N=C/c1ccc(OC(=O)c2cccnc2)cc1. The lowest BCUT2D eigenvalue weighted by Gasteiger charge is -2.04. The number of nitrogens with zero attached hydrogens (tertiary/aromatic N) is 4. The minimum absolute atomic E-state index is 0.309. The lowest BCUT2D eigenvalue weighted by molar-refractivity contribution is -0.141. The van der Waals surface area contributed by atoms with Crippen molar-refractivity contribution in [1.82, 2.24) is 20.2 Å². The fourth-order valence-corrected chi connectivity index (χ4v) is 2.23. The number of amides is 1. The molecule has 0 bridgehead atoms. The Morgan fingerprint density at radius 1 is 1.17 bits per heavy atom. The number of alkyl halides is 3. The molecule has 0 saturated carbocycles. The van der Waals surface area contributed by atoms with Gasteiger partial charge in [-0.3, -0.25) is 14.5 Å². The molecule has 0 aliphatic heterocycles. The lowest BCUT2D eigenvalue weighted by atomic mass is 10.2. The number of ether oxygens (including phenoxy) is 1. The molecule has 0 atom stereocenters. The minimum Gasteiger partial charge on any atom is -0.423 e. The van der Waals surface area contributed by atoms with Crippen molar-refractivity contribution in [2.75, 3.05) is 0 Å². The molecule has 1 amide bonds. The number of carbonyl (C=O) groups excluding carboxylic acids is 2. The highest BCUT2D eigenvalue weighted by Crippen LogP contribution is 2.27. The van der Waals surface area contributed by atoms with Gasteiger partial charge >= 0.3 is 12.1 Å². The van der Waals surface area contributed by atoms with E-state index in [0.29, 0.717) is 16.9 Å². The Labute approximate surface area is 168 Å². The van der Waals surface area contributed by atoms with Crippen molar-refractivity contribution in [2.24, 2.45) is 5.10 Å². The number of nitrogens with one attached hydrogen (secondary N) is 1. The molecule has 0 aliphatic carbocycles. The molecule has 30 heavy (non-hydrogen) atoms. The molecule has 2 heterocycles. The zero-order chi connectivity index (χ0) is 21.6. The lowest BCUT2D eigenvalue weighted by Crippen LogP contribution is -2.23. The van der Waals surface area contributed by atoms with Gasteiger partial charge in [0.15, 0.2) is 5.69 Å². The van der Waals surface area contributed by atoms with Crippen molar-refractivity contribution in [1.29, 1.82) is 0 Å². The van der Waals surface area contributed by atoms with Crippen LogP contribution in [0, 0.1) is 0 Å². The van der Waals surface area contributed by atoms with Gasteiger partial charge in [0.2, 0.25) is 0 Å². The number of esters is 1. The summed E-state index contributed by atoms with van der Waals surface area (Å²) < 4.78 is 43.5. The first-order valence-electron chi connectivity index (χ1n) is 8.46. The molecular formula is C19H14F3N5O3. The molecule has 2 aromatic heterocycles. The Balaban J connectivity index is 1.49. The van der Waals surface area contributed by atoms with E-state index in [1.54, 1.807) is 42.6 Å². The molecule has 0 unspecified atom stereocenters. The third kappa shape index (κ3) is 5.74. The number of pyridine rings is 1. The van der Waals surface area contributed by atoms with E-state index >= 15 is 0 Å². The number of benzene rings is 1. The van der Waals surface area contributed by atoms with Crippen molar-refractivity contribution >= 4 is 18.1 Å². The van der Waals surface area contributed by atoms with Crippen LogP contribution in [0.5, 0.6) is 5.75 Å². The summed E-state index contributed by atoms with van der Waals surface area (Å²) in [7, 11) is 0. The largest absolute Gasteiger partial charge is 0.435 e. The maximum atomic E-state index is 12.5. The van der Waals surface area contributed by atoms with E-state index in [-0.39, 0.29) is 0 Å². The van der Waals surface area contributed by atoms with Crippen molar-refractivity contribution in [3.05, 3.63) is 77.9 Å². The average molecular weight is 417 g/mol. The zero-order valence-electron chi connectivity index (χ0n) is 15.2. The number of hydrazone groups is 1. The van der Waals surface area contributed by atoms with E-state index in [2.05, 4.69) is 20.6 Å². The Morgan fingerprint density at radius 2 is 1.93 bits per heavy atom. The first-order valence-corrected chi connectivity index (χ1v) is 8.46. The predicted molar refractivity (Wildman–Crippen MR) is 98.6 cm³/mol. The molecule has 3 aromatic rings. The first-order chi connectivity index (χ1) is 14.3. The van der Waals surface area contributed by atoms with Crippen LogP contribution in [0.4, 0.5) is 13.2 Å². The molecule has 0 spiro atoms. The minimum atomic E-state index is -4.57. The number of halogens is 3. The van der Waals surface area contributed by atoms with Gasteiger partial charge in [0, 0.05) is 18.6 Å². The van der Waals surface area contributed by atoms with Crippen LogP contribution in [0.25, 0.3) is 0 Å². The van der Waals surface area contributed by atoms with Crippen LogP contribution < -0.4 is 10.2 Å². The fourth-order valence-electron chi connectivity index (χ4n) is 2.23. The third-order valence-corrected chi connectivity index (χ3v) is 3.63. The highest BCUT2D eigenvalue weighted by atomic mass is 19.4. The maximum absolute atomic E-state index is 12.5. The predicted octanol–water partition coefficient (Wildman–Crippen LogP) is 2.67. The van der Waals surface area contributed by atoms with Gasteiger partial charge in [-0.15, -0.1) is 0 Å².